The number of hydrogen-bond donors (Lipinski definition) is 1. The van der Waals surface area contributed by atoms with Crippen LogP contribution in [0, 0.1) is 6.92 Å². The Balaban J connectivity index is 2.18. The van der Waals surface area contributed by atoms with Crippen LogP contribution in [-0.2, 0) is 0 Å². The van der Waals surface area contributed by atoms with Crippen LogP contribution in [0.2, 0.25) is 0 Å². The van der Waals surface area contributed by atoms with Gasteiger partial charge in [0.05, 0.1) is 6.10 Å². The molecule has 1 aliphatic carbocycles. The van der Waals surface area contributed by atoms with Gasteiger partial charge in [0.25, 0.3) is 0 Å². The average molecular weight is 233 g/mol. The molecule has 2 nitrogen and oxygen atoms in total. The van der Waals surface area contributed by atoms with Gasteiger partial charge in [-0.1, -0.05) is 18.2 Å². The molecule has 0 bridgehead atoms. The Hall–Kier alpha value is -1.02. The van der Waals surface area contributed by atoms with Crippen molar-refractivity contribution in [1.29, 1.82) is 0 Å². The maximum absolute atomic E-state index is 9.81. The van der Waals surface area contributed by atoms with Gasteiger partial charge < -0.3 is 10.0 Å². The second-order valence-electron chi connectivity index (χ2n) is 5.05. The molecule has 1 aromatic carbocycles. The van der Waals surface area contributed by atoms with E-state index in [2.05, 4.69) is 43.0 Å². The van der Waals surface area contributed by atoms with Crippen LogP contribution in [0.15, 0.2) is 24.3 Å². The van der Waals surface area contributed by atoms with Crippen LogP contribution in [-0.4, -0.2) is 23.8 Å². The van der Waals surface area contributed by atoms with E-state index in [0.717, 1.165) is 25.8 Å². The number of aliphatic hydroxyl groups is 1. The lowest BCUT2D eigenvalue weighted by atomic mass is 9.91. The predicted octanol–water partition coefficient (Wildman–Crippen LogP) is 3.12. The zero-order valence-corrected chi connectivity index (χ0v) is 10.9. The first-order valence-corrected chi connectivity index (χ1v) is 6.72. The Morgan fingerprint density at radius 3 is 2.71 bits per heavy atom. The quantitative estimate of drug-likeness (QED) is 0.867. The van der Waals surface area contributed by atoms with E-state index in [0.29, 0.717) is 6.04 Å². The molecule has 1 N–H and O–H groups in total. The molecule has 0 radical (unpaired) electrons. The van der Waals surface area contributed by atoms with Crippen molar-refractivity contribution in [3.8, 4) is 0 Å². The molecule has 1 aromatic rings. The molecule has 0 aliphatic heterocycles. The van der Waals surface area contributed by atoms with Gasteiger partial charge in [-0.3, -0.25) is 0 Å². The minimum Gasteiger partial charge on any atom is -0.393 e. The Morgan fingerprint density at radius 2 is 2.06 bits per heavy atom. The van der Waals surface area contributed by atoms with Gasteiger partial charge in [-0.15, -0.1) is 0 Å². The highest BCUT2D eigenvalue weighted by atomic mass is 16.3. The van der Waals surface area contributed by atoms with Crippen LogP contribution < -0.4 is 4.90 Å². The summed E-state index contributed by atoms with van der Waals surface area (Å²) in [5.41, 5.74) is 2.66. The van der Waals surface area contributed by atoms with E-state index < -0.39 is 0 Å². The summed E-state index contributed by atoms with van der Waals surface area (Å²) in [6.07, 6.45) is 4.14. The van der Waals surface area contributed by atoms with Crippen LogP contribution in [0.4, 0.5) is 5.69 Å². The van der Waals surface area contributed by atoms with Crippen molar-refractivity contribution >= 4 is 5.69 Å². The van der Waals surface area contributed by atoms with Gasteiger partial charge in [0.1, 0.15) is 0 Å². The molecule has 1 fully saturated rings. The standard InChI is InChI=1S/C15H23NO/c1-3-16(13-8-6-9-14(17)11-13)15-10-5-4-7-12(15)2/h4-5,7,10,13-14,17H,3,6,8-9,11H2,1-2H3. The molecule has 2 rings (SSSR count). The summed E-state index contributed by atoms with van der Waals surface area (Å²) in [6.45, 7) is 5.38. The first kappa shape index (κ1) is 12.4. The lowest BCUT2D eigenvalue weighted by Crippen LogP contribution is -2.40. The molecule has 0 spiro atoms. The molecular weight excluding hydrogens is 210 g/mol. The first-order chi connectivity index (χ1) is 8.22. The van der Waals surface area contributed by atoms with Crippen LogP contribution in [0.25, 0.3) is 0 Å². The van der Waals surface area contributed by atoms with Gasteiger partial charge in [0, 0.05) is 18.3 Å². The summed E-state index contributed by atoms with van der Waals surface area (Å²) in [5, 5.41) is 9.81. The van der Waals surface area contributed by atoms with Crippen molar-refractivity contribution in [3.05, 3.63) is 29.8 Å². The fourth-order valence-electron chi connectivity index (χ4n) is 2.93. The van der Waals surface area contributed by atoms with Crippen molar-refractivity contribution < 1.29 is 5.11 Å². The maximum atomic E-state index is 9.81. The topological polar surface area (TPSA) is 23.5 Å². The van der Waals surface area contributed by atoms with Gasteiger partial charge in [0.2, 0.25) is 0 Å². The minimum atomic E-state index is -0.105. The Labute approximate surface area is 104 Å². The van der Waals surface area contributed by atoms with Gasteiger partial charge in [0.15, 0.2) is 0 Å². The molecule has 0 amide bonds. The van der Waals surface area contributed by atoms with E-state index in [4.69, 9.17) is 0 Å². The fraction of sp³-hybridized carbons (Fsp3) is 0.600. The summed E-state index contributed by atoms with van der Waals surface area (Å²) in [7, 11) is 0. The SMILES string of the molecule is CCN(c1ccccc1C)C1CCCC(O)C1. The van der Waals surface area contributed by atoms with Gasteiger partial charge >= 0.3 is 0 Å². The lowest BCUT2D eigenvalue weighted by molar-refractivity contribution is 0.118. The predicted molar refractivity (Wildman–Crippen MR) is 72.5 cm³/mol. The largest absolute Gasteiger partial charge is 0.393 e. The van der Waals surface area contributed by atoms with E-state index in [1.807, 2.05) is 0 Å². The first-order valence-electron chi connectivity index (χ1n) is 6.72. The third-order valence-corrected chi connectivity index (χ3v) is 3.83. The molecule has 0 saturated heterocycles. The molecule has 0 heterocycles. The molecular formula is C15H23NO. The second kappa shape index (κ2) is 5.54. The van der Waals surface area contributed by atoms with E-state index in [1.54, 1.807) is 0 Å². The zero-order valence-electron chi connectivity index (χ0n) is 10.9. The normalized spacial score (nSPS) is 24.6. The van der Waals surface area contributed by atoms with Gasteiger partial charge in [-0.25, -0.2) is 0 Å². The molecule has 0 aromatic heterocycles. The summed E-state index contributed by atoms with van der Waals surface area (Å²) in [5.74, 6) is 0. The molecule has 2 atom stereocenters. The van der Waals surface area contributed by atoms with Gasteiger partial charge in [-0.2, -0.15) is 0 Å². The zero-order chi connectivity index (χ0) is 12.3. The Kier molecular flexibility index (Phi) is 4.06. The fourth-order valence-corrected chi connectivity index (χ4v) is 2.93. The average Bonchev–Trinajstić information content (AvgIpc) is 2.33. The molecule has 17 heavy (non-hydrogen) atoms. The van der Waals surface area contributed by atoms with Crippen molar-refractivity contribution in [2.24, 2.45) is 0 Å². The van der Waals surface area contributed by atoms with Gasteiger partial charge in [-0.05, 0) is 51.2 Å². The van der Waals surface area contributed by atoms with Crippen LogP contribution in [0.5, 0.6) is 0 Å². The Morgan fingerprint density at radius 1 is 1.29 bits per heavy atom. The molecule has 2 heteroatoms. The van der Waals surface area contributed by atoms with Crippen molar-refractivity contribution in [1.82, 2.24) is 0 Å². The monoisotopic (exact) mass is 233 g/mol. The van der Waals surface area contributed by atoms with Crippen molar-refractivity contribution in [2.75, 3.05) is 11.4 Å². The number of para-hydroxylation sites is 1. The van der Waals surface area contributed by atoms with E-state index in [1.165, 1.54) is 17.7 Å². The highest BCUT2D eigenvalue weighted by Crippen LogP contribution is 2.29. The summed E-state index contributed by atoms with van der Waals surface area (Å²) in [4.78, 5) is 2.46. The number of anilines is 1. The smallest absolute Gasteiger partial charge is 0.0559 e. The minimum absolute atomic E-state index is 0.105. The van der Waals surface area contributed by atoms with Crippen molar-refractivity contribution in [2.45, 2.75) is 51.7 Å². The highest BCUT2D eigenvalue weighted by molar-refractivity contribution is 5.53. The number of nitrogens with zero attached hydrogens (tertiary/aromatic N) is 1. The number of benzene rings is 1. The van der Waals surface area contributed by atoms with Crippen LogP contribution >= 0.6 is 0 Å². The summed E-state index contributed by atoms with van der Waals surface area (Å²) in [6, 6.07) is 9.05. The number of hydrogen-bond acceptors (Lipinski definition) is 2. The molecule has 94 valence electrons. The summed E-state index contributed by atoms with van der Waals surface area (Å²) >= 11 is 0. The highest BCUT2D eigenvalue weighted by Gasteiger charge is 2.25. The number of rotatable bonds is 3. The third-order valence-electron chi connectivity index (χ3n) is 3.83. The summed E-state index contributed by atoms with van der Waals surface area (Å²) < 4.78 is 0. The van der Waals surface area contributed by atoms with E-state index in [9.17, 15) is 5.11 Å². The van der Waals surface area contributed by atoms with Crippen LogP contribution in [0.3, 0.4) is 0 Å². The lowest BCUT2D eigenvalue weighted by Gasteiger charge is -2.37. The maximum Gasteiger partial charge on any atom is 0.0559 e. The second-order valence-corrected chi connectivity index (χ2v) is 5.05. The molecule has 1 saturated carbocycles. The van der Waals surface area contributed by atoms with E-state index in [-0.39, 0.29) is 6.10 Å². The Bertz CT molecular complexity index is 364. The van der Waals surface area contributed by atoms with E-state index >= 15 is 0 Å². The van der Waals surface area contributed by atoms with Crippen LogP contribution in [0.1, 0.15) is 38.2 Å². The molecule has 1 aliphatic rings. The third kappa shape index (κ3) is 2.81. The number of aliphatic hydroxyl groups excluding tert-OH is 1. The number of aryl methyl sites for hydroxylation is 1. The molecule has 2 unspecified atom stereocenters. The van der Waals surface area contributed by atoms with Crippen molar-refractivity contribution in [3.63, 3.8) is 0 Å².